The summed E-state index contributed by atoms with van der Waals surface area (Å²) in [4.78, 5) is 26.4. The van der Waals surface area contributed by atoms with Crippen LogP contribution in [0, 0.1) is 56.7 Å². The van der Waals surface area contributed by atoms with Crippen LogP contribution >= 0.6 is 0 Å². The second-order valence-electron chi connectivity index (χ2n) is 20.0. The number of fused-ring (bicyclic) bond motifs is 7. The highest BCUT2D eigenvalue weighted by Gasteiger charge is 2.71. The SMILES string of the molecule is CC1CC[C@]2(C(=O)O[C@@H]3O[C@H](CO)[C@@H](O)[C@H](O)[C@H]3O)CC[C@]3(C)C(=CC[C@@H]4[C@@]5(C)CC[C@H](O[C@@H]6O[C@H](C(=O)O)[C@@H](O)[C@H](O)[C@H]6O)C(C)(CO)[C@@H]5CC[C@]43C)[C@@H]2C1C. The van der Waals surface area contributed by atoms with Crippen molar-refractivity contribution in [3.63, 3.8) is 0 Å². The van der Waals surface area contributed by atoms with Crippen molar-refractivity contribution in [3.8, 4) is 0 Å². The summed E-state index contributed by atoms with van der Waals surface area (Å²) in [5, 5.41) is 93.7. The maximum absolute atomic E-state index is 14.6. The van der Waals surface area contributed by atoms with Gasteiger partial charge in [0.1, 0.15) is 42.7 Å². The molecule has 2 saturated heterocycles. The molecule has 7 rings (SSSR count). The van der Waals surface area contributed by atoms with Crippen molar-refractivity contribution in [2.24, 2.45) is 56.7 Å². The summed E-state index contributed by atoms with van der Waals surface area (Å²) in [5.74, 6) is -1.52. The average Bonchev–Trinajstić information content (AvgIpc) is 3.17. The summed E-state index contributed by atoms with van der Waals surface area (Å²) < 4.78 is 23.4. The zero-order valence-electron chi connectivity index (χ0n) is 34.1. The summed E-state index contributed by atoms with van der Waals surface area (Å²) in [7, 11) is 0. The molecule has 5 aliphatic carbocycles. The molecular formula is C42H66O15. The van der Waals surface area contributed by atoms with Crippen molar-refractivity contribution in [1.29, 1.82) is 0 Å². The Morgan fingerprint density at radius 2 is 1.44 bits per heavy atom. The summed E-state index contributed by atoms with van der Waals surface area (Å²) in [6.45, 7) is 12.6. The maximum Gasteiger partial charge on any atom is 0.335 e. The van der Waals surface area contributed by atoms with Gasteiger partial charge in [0.15, 0.2) is 12.4 Å². The fraction of sp³-hybridized carbons (Fsp3) is 0.905. The lowest BCUT2D eigenvalue weighted by Gasteiger charge is -2.71. The second kappa shape index (κ2) is 15.0. The van der Waals surface area contributed by atoms with E-state index in [-0.39, 0.29) is 46.5 Å². The summed E-state index contributed by atoms with van der Waals surface area (Å²) in [6.07, 6.45) is -8.34. The summed E-state index contributed by atoms with van der Waals surface area (Å²) >= 11 is 0. The van der Waals surface area contributed by atoms with E-state index in [1.807, 2.05) is 6.92 Å². The zero-order valence-corrected chi connectivity index (χ0v) is 34.1. The number of hydrogen-bond donors (Lipinski definition) is 9. The molecule has 0 amide bonds. The van der Waals surface area contributed by atoms with Gasteiger partial charge in [-0.05, 0) is 104 Å². The molecule has 0 aromatic rings. The largest absolute Gasteiger partial charge is 0.479 e. The number of hydrogen-bond acceptors (Lipinski definition) is 14. The van der Waals surface area contributed by atoms with Crippen molar-refractivity contribution in [3.05, 3.63) is 11.6 Å². The molecule has 57 heavy (non-hydrogen) atoms. The number of carboxylic acid groups (broad SMARTS) is 1. The number of ether oxygens (including phenoxy) is 4. The van der Waals surface area contributed by atoms with E-state index < -0.39 is 96.9 Å². The lowest BCUT2D eigenvalue weighted by atomic mass is 9.33. The number of aliphatic hydroxyl groups is 8. The van der Waals surface area contributed by atoms with Crippen molar-refractivity contribution in [2.75, 3.05) is 13.2 Å². The molecule has 15 heteroatoms. The Balaban J connectivity index is 1.17. The van der Waals surface area contributed by atoms with Crippen LogP contribution in [-0.2, 0) is 28.5 Å². The Labute approximate surface area is 334 Å². The average molecular weight is 811 g/mol. The molecule has 3 unspecified atom stereocenters. The van der Waals surface area contributed by atoms with Crippen LogP contribution in [-0.4, -0.2) is 139 Å². The molecule has 6 fully saturated rings. The van der Waals surface area contributed by atoms with Crippen LogP contribution in [0.3, 0.4) is 0 Å². The Hall–Kier alpha value is -1.76. The van der Waals surface area contributed by atoms with Crippen LogP contribution in [0.5, 0.6) is 0 Å². The van der Waals surface area contributed by atoms with E-state index in [9.17, 15) is 55.5 Å². The van der Waals surface area contributed by atoms with Crippen LogP contribution in [0.4, 0.5) is 0 Å². The normalized spacial score (nSPS) is 54.9. The first-order chi connectivity index (χ1) is 26.7. The third-order valence-electron chi connectivity index (χ3n) is 17.7. The summed E-state index contributed by atoms with van der Waals surface area (Å²) in [5.41, 5.74) is -1.21. The molecule has 7 aliphatic rings. The molecule has 0 bridgehead atoms. The van der Waals surface area contributed by atoms with E-state index >= 15 is 0 Å². The molecule has 2 heterocycles. The molecule has 324 valence electrons. The highest BCUT2D eigenvalue weighted by molar-refractivity contribution is 5.79. The highest BCUT2D eigenvalue weighted by Crippen LogP contribution is 2.76. The Morgan fingerprint density at radius 3 is 2.09 bits per heavy atom. The smallest absolute Gasteiger partial charge is 0.335 e. The van der Waals surface area contributed by atoms with Gasteiger partial charge in [-0.3, -0.25) is 4.79 Å². The highest BCUT2D eigenvalue weighted by atomic mass is 16.7. The fourth-order valence-electron chi connectivity index (χ4n) is 13.8. The Bertz CT molecular complexity index is 1570. The number of rotatable bonds is 7. The van der Waals surface area contributed by atoms with Gasteiger partial charge in [0.25, 0.3) is 0 Å². The van der Waals surface area contributed by atoms with Gasteiger partial charge < -0.3 is 64.9 Å². The lowest BCUT2D eigenvalue weighted by Crippen LogP contribution is -2.67. The van der Waals surface area contributed by atoms with Crippen LogP contribution in [0.1, 0.15) is 99.3 Å². The van der Waals surface area contributed by atoms with Gasteiger partial charge in [-0.1, -0.05) is 53.2 Å². The van der Waals surface area contributed by atoms with E-state index in [1.54, 1.807) is 0 Å². The molecular weight excluding hydrogens is 744 g/mol. The fourth-order valence-corrected chi connectivity index (χ4v) is 13.8. The van der Waals surface area contributed by atoms with Crippen LogP contribution < -0.4 is 0 Å². The minimum absolute atomic E-state index is 0.0262. The van der Waals surface area contributed by atoms with Crippen LogP contribution in [0.2, 0.25) is 0 Å². The van der Waals surface area contributed by atoms with Crippen LogP contribution in [0.25, 0.3) is 0 Å². The third-order valence-corrected chi connectivity index (χ3v) is 17.7. The third kappa shape index (κ3) is 6.22. The van der Waals surface area contributed by atoms with Crippen molar-refractivity contribution in [2.45, 2.75) is 167 Å². The number of carbonyl (C=O) groups excluding carboxylic acids is 1. The monoisotopic (exact) mass is 810 g/mol. The van der Waals surface area contributed by atoms with E-state index in [4.69, 9.17) is 18.9 Å². The Morgan fingerprint density at radius 1 is 0.772 bits per heavy atom. The number of allylic oxidation sites excluding steroid dienone is 2. The van der Waals surface area contributed by atoms with Gasteiger partial charge in [0.05, 0.1) is 24.7 Å². The second-order valence-corrected chi connectivity index (χ2v) is 20.0. The van der Waals surface area contributed by atoms with Crippen molar-refractivity contribution < 1.29 is 74.5 Å². The molecule has 0 spiro atoms. The predicted molar refractivity (Wildman–Crippen MR) is 199 cm³/mol. The first-order valence-corrected chi connectivity index (χ1v) is 21.1. The minimum Gasteiger partial charge on any atom is -0.479 e. The first kappa shape index (κ1) is 43.3. The van der Waals surface area contributed by atoms with Gasteiger partial charge in [0.2, 0.25) is 6.29 Å². The van der Waals surface area contributed by atoms with Gasteiger partial charge in [-0.25, -0.2) is 4.79 Å². The quantitative estimate of drug-likeness (QED) is 0.0997. The standard InChI is InChI=1S/C42H66O15/c1-19-9-14-42(37(53)57-35-31(49)28(46)27(45)22(17-43)54-35)16-15-40(5)21(26(42)20(19)2)7-8-24-38(3)12-11-25(39(4,18-44)23(38)10-13-41(24,40)6)55-36-32(50)29(47)30(48)33(56-36)34(51)52/h7,19-20,22-33,35-36,43-50H,8-18H2,1-6H3,(H,51,52)/t19?,20?,22-,23-,24-,25+,26+,27-,28+,29+,30+,31-,32-,33+,35+,36-,38+,39?,40-,41-,42+/m1/s1. The molecule has 4 saturated carbocycles. The van der Waals surface area contributed by atoms with E-state index in [0.29, 0.717) is 31.6 Å². The molecule has 15 nitrogen and oxygen atoms in total. The van der Waals surface area contributed by atoms with Gasteiger partial charge in [-0.15, -0.1) is 0 Å². The number of carboxylic acids is 1. The van der Waals surface area contributed by atoms with Crippen molar-refractivity contribution >= 4 is 11.9 Å². The molecule has 2 aliphatic heterocycles. The molecule has 0 aromatic heterocycles. The maximum atomic E-state index is 14.6. The first-order valence-electron chi connectivity index (χ1n) is 21.1. The molecule has 0 aromatic carbocycles. The number of aliphatic carboxylic acids is 1. The number of aliphatic hydroxyl groups excluding tert-OH is 8. The van der Waals surface area contributed by atoms with Gasteiger partial charge >= 0.3 is 11.9 Å². The lowest BCUT2D eigenvalue weighted by molar-refractivity contribution is -0.327. The van der Waals surface area contributed by atoms with Crippen LogP contribution in [0.15, 0.2) is 11.6 Å². The number of esters is 1. The summed E-state index contributed by atoms with van der Waals surface area (Å²) in [6, 6.07) is 0. The van der Waals surface area contributed by atoms with Gasteiger partial charge in [0, 0.05) is 5.41 Å². The number of carbonyl (C=O) groups is 2. The predicted octanol–water partition coefficient (Wildman–Crippen LogP) is 1.24. The molecule has 0 radical (unpaired) electrons. The van der Waals surface area contributed by atoms with E-state index in [0.717, 1.165) is 32.1 Å². The zero-order chi connectivity index (χ0) is 41.8. The van der Waals surface area contributed by atoms with Gasteiger partial charge in [-0.2, -0.15) is 0 Å². The van der Waals surface area contributed by atoms with E-state index in [1.165, 1.54) is 5.57 Å². The molecule has 9 N–H and O–H groups in total. The minimum atomic E-state index is -1.84. The van der Waals surface area contributed by atoms with Crippen molar-refractivity contribution in [1.82, 2.24) is 0 Å². The Kier molecular flexibility index (Phi) is 11.4. The van der Waals surface area contributed by atoms with E-state index in [2.05, 4.69) is 40.7 Å². The molecule has 21 atom stereocenters. The topological polar surface area (TPSA) is 253 Å².